The molecule has 0 bridgehead atoms. The van der Waals surface area contributed by atoms with Crippen molar-refractivity contribution in [3.63, 3.8) is 0 Å². The quantitative estimate of drug-likeness (QED) is 0.528. The van der Waals surface area contributed by atoms with Crippen molar-refractivity contribution in [2.24, 2.45) is 0 Å². The smallest absolute Gasteiger partial charge is 0.243 e. The molecule has 0 radical (unpaired) electrons. The number of carbonyl (C=O) groups is 1. The first-order valence-electron chi connectivity index (χ1n) is 11.1. The van der Waals surface area contributed by atoms with Gasteiger partial charge in [0.1, 0.15) is 0 Å². The molecule has 10 heteroatoms. The van der Waals surface area contributed by atoms with Gasteiger partial charge in [0.25, 0.3) is 0 Å². The molecular weight excluding hydrogens is 454 g/mol. The van der Waals surface area contributed by atoms with Gasteiger partial charge in [-0.3, -0.25) is 9.69 Å². The molecule has 1 fully saturated rings. The molecule has 0 saturated carbocycles. The van der Waals surface area contributed by atoms with Crippen LogP contribution in [0.15, 0.2) is 71.9 Å². The fraction of sp³-hybridized carbons (Fsp3) is 0.333. The van der Waals surface area contributed by atoms with Crippen molar-refractivity contribution in [3.8, 4) is 5.69 Å². The summed E-state index contributed by atoms with van der Waals surface area (Å²) in [4.78, 5) is 15.0. The van der Waals surface area contributed by atoms with Crippen LogP contribution in [0.4, 0.5) is 5.69 Å². The standard InChI is InChI=1S/C24H29N5O4S/c1-19(27(2)17-20-16-25-29(18-20)22-8-4-3-5-9-22)24(30)26-21-7-6-10-23(15-21)34(31,32)28-11-13-33-14-12-28/h3-10,15-16,18-19H,11-14,17H2,1-2H3,(H,26,30). The summed E-state index contributed by atoms with van der Waals surface area (Å²) >= 11 is 0. The second kappa shape index (κ2) is 10.5. The number of aromatic nitrogens is 2. The van der Waals surface area contributed by atoms with Crippen molar-refractivity contribution in [1.29, 1.82) is 0 Å². The number of hydrogen-bond donors (Lipinski definition) is 1. The van der Waals surface area contributed by atoms with E-state index in [4.69, 9.17) is 4.74 Å². The number of rotatable bonds is 8. The molecule has 2 heterocycles. The summed E-state index contributed by atoms with van der Waals surface area (Å²) in [5, 5.41) is 7.25. The summed E-state index contributed by atoms with van der Waals surface area (Å²) in [6.07, 6.45) is 3.73. The third-order valence-corrected chi connectivity index (χ3v) is 7.73. The Labute approximate surface area is 200 Å². The van der Waals surface area contributed by atoms with E-state index in [1.54, 1.807) is 29.1 Å². The summed E-state index contributed by atoms with van der Waals surface area (Å²) in [6.45, 7) is 3.74. The van der Waals surface area contributed by atoms with Crippen LogP contribution in [0.25, 0.3) is 5.69 Å². The number of ether oxygens (including phenoxy) is 1. The molecule has 0 aliphatic carbocycles. The van der Waals surface area contributed by atoms with E-state index >= 15 is 0 Å². The van der Waals surface area contributed by atoms with E-state index in [9.17, 15) is 13.2 Å². The van der Waals surface area contributed by atoms with Gasteiger partial charge in [-0.1, -0.05) is 24.3 Å². The number of benzene rings is 2. The Morgan fingerprint density at radius 1 is 1.15 bits per heavy atom. The highest BCUT2D eigenvalue weighted by atomic mass is 32.2. The van der Waals surface area contributed by atoms with Crippen LogP contribution < -0.4 is 5.32 Å². The Bertz CT molecular complexity index is 1220. The minimum atomic E-state index is -3.64. The lowest BCUT2D eigenvalue weighted by Gasteiger charge is -2.26. The lowest BCUT2D eigenvalue weighted by Crippen LogP contribution is -2.40. The number of likely N-dealkylation sites (N-methyl/N-ethyl adjacent to an activating group) is 1. The molecule has 1 amide bonds. The number of hydrogen-bond acceptors (Lipinski definition) is 6. The van der Waals surface area contributed by atoms with E-state index in [2.05, 4.69) is 10.4 Å². The van der Waals surface area contributed by atoms with Gasteiger partial charge >= 0.3 is 0 Å². The first-order valence-corrected chi connectivity index (χ1v) is 12.6. The normalized spacial score (nSPS) is 15.9. The predicted molar refractivity (Wildman–Crippen MR) is 129 cm³/mol. The van der Waals surface area contributed by atoms with Crippen molar-refractivity contribution in [3.05, 3.63) is 72.6 Å². The van der Waals surface area contributed by atoms with E-state index in [0.29, 0.717) is 38.5 Å². The van der Waals surface area contributed by atoms with Crippen molar-refractivity contribution in [2.45, 2.75) is 24.4 Å². The zero-order valence-corrected chi connectivity index (χ0v) is 20.1. The Kier molecular flexibility index (Phi) is 7.42. The van der Waals surface area contributed by atoms with Gasteiger partial charge in [-0.05, 0) is 44.3 Å². The number of morpholine rings is 1. The maximum Gasteiger partial charge on any atom is 0.243 e. The van der Waals surface area contributed by atoms with Crippen molar-refractivity contribution in [2.75, 3.05) is 38.7 Å². The average Bonchev–Trinajstić information content (AvgIpc) is 3.33. The van der Waals surface area contributed by atoms with Crippen LogP contribution in [-0.2, 0) is 26.1 Å². The topological polar surface area (TPSA) is 96.8 Å². The molecule has 1 N–H and O–H groups in total. The van der Waals surface area contributed by atoms with Crippen molar-refractivity contribution < 1.29 is 17.9 Å². The zero-order valence-electron chi connectivity index (χ0n) is 19.3. The largest absolute Gasteiger partial charge is 0.379 e. The molecule has 0 spiro atoms. The van der Waals surface area contributed by atoms with E-state index in [1.807, 2.05) is 55.4 Å². The molecular formula is C24H29N5O4S. The molecule has 1 aliphatic heterocycles. The first-order chi connectivity index (χ1) is 16.3. The molecule has 4 rings (SSSR count). The summed E-state index contributed by atoms with van der Waals surface area (Å²) < 4.78 is 34.3. The molecule has 1 unspecified atom stereocenters. The van der Waals surface area contributed by atoms with E-state index in [1.165, 1.54) is 10.4 Å². The van der Waals surface area contributed by atoms with Gasteiger partial charge in [0.2, 0.25) is 15.9 Å². The highest BCUT2D eigenvalue weighted by molar-refractivity contribution is 7.89. The van der Waals surface area contributed by atoms with Gasteiger partial charge in [-0.15, -0.1) is 0 Å². The monoisotopic (exact) mass is 483 g/mol. The third-order valence-electron chi connectivity index (χ3n) is 5.84. The van der Waals surface area contributed by atoms with Crippen LogP contribution in [0, 0.1) is 0 Å². The molecule has 180 valence electrons. The SMILES string of the molecule is CC(C(=O)Nc1cccc(S(=O)(=O)N2CCOCC2)c1)N(C)Cc1cnn(-c2ccccc2)c1. The average molecular weight is 484 g/mol. The van der Waals surface area contributed by atoms with E-state index < -0.39 is 16.1 Å². The number of amides is 1. The summed E-state index contributed by atoms with van der Waals surface area (Å²) in [7, 11) is -1.77. The summed E-state index contributed by atoms with van der Waals surface area (Å²) in [5.74, 6) is -0.223. The molecule has 9 nitrogen and oxygen atoms in total. The molecule has 1 aromatic heterocycles. The van der Waals surface area contributed by atoms with Crippen LogP contribution in [0.3, 0.4) is 0 Å². The number of nitrogens with one attached hydrogen (secondary N) is 1. The van der Waals surface area contributed by atoms with Crippen LogP contribution in [-0.4, -0.2) is 72.7 Å². The summed E-state index contributed by atoms with van der Waals surface area (Å²) in [6, 6.07) is 15.7. The van der Waals surface area contributed by atoms with Gasteiger partial charge in [-0.2, -0.15) is 9.40 Å². The Morgan fingerprint density at radius 2 is 1.88 bits per heavy atom. The number of nitrogens with zero attached hydrogens (tertiary/aromatic N) is 4. The Hall–Kier alpha value is -3.05. The van der Waals surface area contributed by atoms with Crippen LogP contribution in [0.1, 0.15) is 12.5 Å². The molecule has 1 saturated heterocycles. The molecule has 3 aromatic rings. The fourth-order valence-electron chi connectivity index (χ4n) is 3.71. The van der Waals surface area contributed by atoms with Crippen LogP contribution in [0.2, 0.25) is 0 Å². The lowest BCUT2D eigenvalue weighted by atomic mass is 10.2. The third kappa shape index (κ3) is 5.53. The number of para-hydroxylation sites is 1. The Morgan fingerprint density at radius 3 is 2.62 bits per heavy atom. The Balaban J connectivity index is 1.39. The summed E-state index contributed by atoms with van der Waals surface area (Å²) in [5.41, 5.74) is 2.38. The van der Waals surface area contributed by atoms with Crippen molar-refractivity contribution in [1.82, 2.24) is 19.0 Å². The number of sulfonamides is 1. The maximum absolute atomic E-state index is 12.9. The minimum absolute atomic E-state index is 0.154. The minimum Gasteiger partial charge on any atom is -0.379 e. The van der Waals surface area contributed by atoms with Crippen LogP contribution >= 0.6 is 0 Å². The van der Waals surface area contributed by atoms with E-state index in [0.717, 1.165) is 11.3 Å². The predicted octanol–water partition coefficient (Wildman–Crippen LogP) is 2.35. The fourth-order valence-corrected chi connectivity index (χ4v) is 5.16. The lowest BCUT2D eigenvalue weighted by molar-refractivity contribution is -0.120. The maximum atomic E-state index is 12.9. The zero-order chi connectivity index (χ0) is 24.1. The second-order valence-corrected chi connectivity index (χ2v) is 10.2. The molecule has 2 aromatic carbocycles. The van der Waals surface area contributed by atoms with Gasteiger partial charge in [-0.25, -0.2) is 13.1 Å². The second-order valence-electron chi connectivity index (χ2n) is 8.25. The highest BCUT2D eigenvalue weighted by Gasteiger charge is 2.27. The molecule has 34 heavy (non-hydrogen) atoms. The van der Waals surface area contributed by atoms with Gasteiger partial charge in [0, 0.05) is 37.1 Å². The van der Waals surface area contributed by atoms with Gasteiger partial charge < -0.3 is 10.1 Å². The van der Waals surface area contributed by atoms with Gasteiger partial charge in [0.05, 0.1) is 36.0 Å². The van der Waals surface area contributed by atoms with Gasteiger partial charge in [0.15, 0.2) is 0 Å². The van der Waals surface area contributed by atoms with E-state index in [-0.39, 0.29) is 10.8 Å². The van der Waals surface area contributed by atoms with Crippen LogP contribution in [0.5, 0.6) is 0 Å². The molecule has 1 aliphatic rings. The first kappa shape index (κ1) is 24.1. The van der Waals surface area contributed by atoms with Crippen molar-refractivity contribution >= 4 is 21.6 Å². The highest BCUT2D eigenvalue weighted by Crippen LogP contribution is 2.21. The molecule has 1 atom stereocenters. The number of carbonyl (C=O) groups excluding carboxylic acids is 1. The number of anilines is 1.